The van der Waals surface area contributed by atoms with Gasteiger partial charge in [-0.25, -0.2) is 9.78 Å². The molecule has 0 unspecified atom stereocenters. The zero-order valence-electron chi connectivity index (χ0n) is 17.9. The predicted molar refractivity (Wildman–Crippen MR) is 118 cm³/mol. The topological polar surface area (TPSA) is 93.8 Å². The van der Waals surface area contributed by atoms with E-state index in [2.05, 4.69) is 27.0 Å². The Kier molecular flexibility index (Phi) is 5.53. The highest BCUT2D eigenvalue weighted by molar-refractivity contribution is 5.93. The summed E-state index contributed by atoms with van der Waals surface area (Å²) >= 11 is 0. The first kappa shape index (κ1) is 20.5. The van der Waals surface area contributed by atoms with Crippen LogP contribution in [0.4, 0.5) is 0 Å². The Morgan fingerprint density at radius 1 is 1.16 bits per heavy atom. The number of hydrogen-bond donors (Lipinski definition) is 1. The van der Waals surface area contributed by atoms with E-state index in [-0.39, 0.29) is 11.6 Å². The molecule has 1 aromatic heterocycles. The second-order valence-corrected chi connectivity index (χ2v) is 8.12. The number of aromatic nitrogens is 2. The number of fused-ring (bicyclic) bond motifs is 2. The second kappa shape index (κ2) is 8.63. The van der Waals surface area contributed by atoms with E-state index < -0.39 is 5.97 Å². The Hall–Kier alpha value is -3.39. The van der Waals surface area contributed by atoms with Crippen molar-refractivity contribution < 1.29 is 19.0 Å². The van der Waals surface area contributed by atoms with E-state index in [1.54, 1.807) is 18.2 Å². The van der Waals surface area contributed by atoms with Crippen LogP contribution in [0.3, 0.4) is 0 Å². The molecule has 2 aliphatic heterocycles. The molecule has 1 atom stereocenters. The molecular formula is C24H25N3O5. The Bertz CT molecular complexity index is 1220. The molecule has 1 N–H and O–H groups in total. The highest BCUT2D eigenvalue weighted by atomic mass is 16.5. The van der Waals surface area contributed by atoms with Gasteiger partial charge in [0.15, 0.2) is 11.5 Å². The number of aromatic amines is 1. The van der Waals surface area contributed by atoms with Gasteiger partial charge in [-0.2, -0.15) is 0 Å². The van der Waals surface area contributed by atoms with Crippen molar-refractivity contribution in [1.82, 2.24) is 14.9 Å². The van der Waals surface area contributed by atoms with Gasteiger partial charge in [-0.3, -0.25) is 9.69 Å². The molecule has 32 heavy (non-hydrogen) atoms. The van der Waals surface area contributed by atoms with E-state index in [0.29, 0.717) is 42.0 Å². The first-order chi connectivity index (χ1) is 15.6. The third-order valence-electron chi connectivity index (χ3n) is 6.05. The summed E-state index contributed by atoms with van der Waals surface area (Å²) in [6.45, 7) is 2.73. The number of carbonyl (C=O) groups is 1. The predicted octanol–water partition coefficient (Wildman–Crippen LogP) is 3.21. The van der Waals surface area contributed by atoms with Gasteiger partial charge in [-0.1, -0.05) is 6.07 Å². The summed E-state index contributed by atoms with van der Waals surface area (Å²) in [7, 11) is 1.33. The first-order valence-corrected chi connectivity index (χ1v) is 10.9. The Morgan fingerprint density at radius 3 is 2.84 bits per heavy atom. The normalized spacial score (nSPS) is 18.5. The van der Waals surface area contributed by atoms with Crippen molar-refractivity contribution in [2.45, 2.75) is 31.8 Å². The highest BCUT2D eigenvalue weighted by Gasteiger charge is 2.28. The van der Waals surface area contributed by atoms with E-state index >= 15 is 0 Å². The second-order valence-electron chi connectivity index (χ2n) is 8.12. The van der Waals surface area contributed by atoms with Crippen LogP contribution in [0.1, 0.15) is 47.1 Å². The summed E-state index contributed by atoms with van der Waals surface area (Å²) < 4.78 is 16.4. The van der Waals surface area contributed by atoms with Crippen LogP contribution >= 0.6 is 0 Å². The average Bonchev–Trinajstić information content (AvgIpc) is 3.13. The van der Waals surface area contributed by atoms with E-state index in [9.17, 15) is 9.59 Å². The number of hydrogen-bond acceptors (Lipinski definition) is 7. The van der Waals surface area contributed by atoms with Crippen LogP contribution in [0.2, 0.25) is 0 Å². The Labute approximate surface area is 185 Å². The fourth-order valence-electron chi connectivity index (χ4n) is 4.48. The number of methoxy groups -OCH3 is 1. The molecule has 8 heteroatoms. The largest absolute Gasteiger partial charge is 0.490 e. The molecule has 0 amide bonds. The molecule has 0 radical (unpaired) electrons. The molecule has 0 aliphatic carbocycles. The summed E-state index contributed by atoms with van der Waals surface area (Å²) in [6, 6.07) is 11.1. The van der Waals surface area contributed by atoms with Gasteiger partial charge in [0.25, 0.3) is 5.56 Å². The maximum Gasteiger partial charge on any atom is 0.337 e. The van der Waals surface area contributed by atoms with Crippen molar-refractivity contribution in [3.05, 3.63) is 63.7 Å². The fraction of sp³-hybridized carbons (Fsp3) is 0.375. The number of carbonyl (C=O) groups excluding carboxylic acids is 1. The van der Waals surface area contributed by atoms with Crippen LogP contribution in [0.15, 0.2) is 41.2 Å². The van der Waals surface area contributed by atoms with Crippen LogP contribution in [0.5, 0.6) is 11.5 Å². The van der Waals surface area contributed by atoms with Crippen molar-refractivity contribution in [2.24, 2.45) is 0 Å². The van der Waals surface area contributed by atoms with Gasteiger partial charge < -0.3 is 19.2 Å². The molecule has 3 aromatic rings. The number of H-pyrrole nitrogens is 1. The maximum atomic E-state index is 12.6. The van der Waals surface area contributed by atoms with Gasteiger partial charge in [0.2, 0.25) is 0 Å². The molecular weight excluding hydrogens is 410 g/mol. The number of esters is 1. The Balaban J connectivity index is 1.42. The molecule has 3 heterocycles. The minimum atomic E-state index is -0.454. The summed E-state index contributed by atoms with van der Waals surface area (Å²) in [5.41, 5.74) is 1.81. The zero-order chi connectivity index (χ0) is 22.1. The number of ether oxygens (including phenoxy) is 3. The van der Waals surface area contributed by atoms with Gasteiger partial charge in [0.05, 0.1) is 43.3 Å². The Morgan fingerprint density at radius 2 is 2.00 bits per heavy atom. The minimum Gasteiger partial charge on any atom is -0.490 e. The van der Waals surface area contributed by atoms with Gasteiger partial charge in [-0.15, -0.1) is 0 Å². The van der Waals surface area contributed by atoms with Gasteiger partial charge in [0, 0.05) is 12.5 Å². The summed E-state index contributed by atoms with van der Waals surface area (Å²) in [5.74, 6) is 1.70. The lowest BCUT2D eigenvalue weighted by atomic mass is 10.0. The standard InChI is InChI=1S/C24H25N3O5/c1-30-24(29)16-5-7-17-18(12-16)25-22(26-23(17)28)14-27-9-2-4-19(27)15-6-8-20-21(13-15)32-11-3-10-31-20/h5-8,12-13,19H,2-4,9-11,14H2,1H3,(H,25,26,28)/t19-/m1/s1. The van der Waals surface area contributed by atoms with Crippen molar-refractivity contribution in [3.8, 4) is 11.5 Å². The highest BCUT2D eigenvalue weighted by Crippen LogP contribution is 2.38. The van der Waals surface area contributed by atoms with E-state index in [1.807, 2.05) is 6.07 Å². The third-order valence-corrected chi connectivity index (χ3v) is 6.05. The lowest BCUT2D eigenvalue weighted by Crippen LogP contribution is -2.25. The third kappa shape index (κ3) is 3.93. The molecule has 1 saturated heterocycles. The maximum absolute atomic E-state index is 12.6. The molecule has 2 aliphatic rings. The number of benzene rings is 2. The SMILES string of the molecule is COC(=O)c1ccc2c(=O)[nH]c(CN3CCC[C@@H]3c3ccc4c(c3)OCCCO4)nc2c1. The van der Waals surface area contributed by atoms with Crippen LogP contribution in [0.25, 0.3) is 10.9 Å². The van der Waals surface area contributed by atoms with Crippen molar-refractivity contribution in [1.29, 1.82) is 0 Å². The van der Waals surface area contributed by atoms with E-state index in [1.165, 1.54) is 12.7 Å². The molecule has 1 fully saturated rings. The molecule has 0 bridgehead atoms. The molecule has 0 spiro atoms. The lowest BCUT2D eigenvalue weighted by Gasteiger charge is -2.25. The van der Waals surface area contributed by atoms with Gasteiger partial charge >= 0.3 is 5.97 Å². The van der Waals surface area contributed by atoms with E-state index in [0.717, 1.165) is 37.3 Å². The van der Waals surface area contributed by atoms with Crippen LogP contribution in [-0.2, 0) is 11.3 Å². The van der Waals surface area contributed by atoms with Gasteiger partial charge in [0.1, 0.15) is 5.82 Å². The molecule has 8 nitrogen and oxygen atoms in total. The van der Waals surface area contributed by atoms with Crippen molar-refractivity contribution in [2.75, 3.05) is 26.9 Å². The quantitative estimate of drug-likeness (QED) is 0.629. The molecule has 0 saturated carbocycles. The van der Waals surface area contributed by atoms with Crippen LogP contribution in [-0.4, -0.2) is 47.7 Å². The summed E-state index contributed by atoms with van der Waals surface area (Å²) in [5, 5.41) is 0.447. The van der Waals surface area contributed by atoms with Crippen LogP contribution < -0.4 is 15.0 Å². The molecule has 166 valence electrons. The first-order valence-electron chi connectivity index (χ1n) is 10.9. The lowest BCUT2D eigenvalue weighted by molar-refractivity contribution is 0.0601. The smallest absolute Gasteiger partial charge is 0.337 e. The molecule has 5 rings (SSSR count). The molecule has 2 aromatic carbocycles. The van der Waals surface area contributed by atoms with Gasteiger partial charge in [-0.05, 0) is 55.3 Å². The van der Waals surface area contributed by atoms with Crippen molar-refractivity contribution in [3.63, 3.8) is 0 Å². The monoisotopic (exact) mass is 435 g/mol. The number of rotatable bonds is 4. The summed E-state index contributed by atoms with van der Waals surface area (Å²) in [6.07, 6.45) is 2.95. The van der Waals surface area contributed by atoms with E-state index in [4.69, 9.17) is 14.2 Å². The zero-order valence-corrected chi connectivity index (χ0v) is 17.9. The number of nitrogens with zero attached hydrogens (tertiary/aromatic N) is 2. The number of nitrogens with one attached hydrogen (secondary N) is 1. The average molecular weight is 435 g/mol. The van der Waals surface area contributed by atoms with Crippen molar-refractivity contribution >= 4 is 16.9 Å². The fourth-order valence-corrected chi connectivity index (χ4v) is 4.48. The minimum absolute atomic E-state index is 0.203. The van der Waals surface area contributed by atoms with Crippen LogP contribution in [0, 0.1) is 0 Å². The number of likely N-dealkylation sites (tertiary alicyclic amines) is 1. The summed E-state index contributed by atoms with van der Waals surface area (Å²) in [4.78, 5) is 34.3.